The lowest BCUT2D eigenvalue weighted by molar-refractivity contribution is 0.814. The van der Waals surface area contributed by atoms with Crippen molar-refractivity contribution in [2.24, 2.45) is 10.2 Å². The molecule has 0 N–H and O–H groups in total. The van der Waals surface area contributed by atoms with E-state index >= 15 is 0 Å². The molecule has 6 heteroatoms. The predicted octanol–water partition coefficient (Wildman–Crippen LogP) is 3.66. The van der Waals surface area contributed by atoms with Crippen LogP contribution in [0, 0.1) is 0 Å². The largest absolute Gasteiger partial charge is 0.286 e. The quantitative estimate of drug-likeness (QED) is 0.621. The van der Waals surface area contributed by atoms with Gasteiger partial charge in [-0.2, -0.15) is 5.11 Å². The minimum Gasteiger partial charge on any atom is -0.286 e. The molecule has 2 rings (SSSR count). The Morgan fingerprint density at radius 3 is 2.76 bits per heavy atom. The number of rotatable bonds is 5. The summed E-state index contributed by atoms with van der Waals surface area (Å²) in [6.07, 6.45) is 6.52. The standard InChI is InChI=1S/C15H20N6/c1-5-14-16-8-9-21(14)15-7-6-13(19-20-15)18-17-12(4)10-11(2)3/h6-10,12H,5H2,1-4H3. The summed E-state index contributed by atoms with van der Waals surface area (Å²) >= 11 is 0. The van der Waals surface area contributed by atoms with Crippen LogP contribution >= 0.6 is 0 Å². The zero-order chi connectivity index (χ0) is 15.2. The summed E-state index contributed by atoms with van der Waals surface area (Å²) in [5.74, 6) is 2.20. The second-order valence-electron chi connectivity index (χ2n) is 5.02. The van der Waals surface area contributed by atoms with Gasteiger partial charge in [0.25, 0.3) is 0 Å². The molecule has 0 aliphatic carbocycles. The highest BCUT2D eigenvalue weighted by molar-refractivity contribution is 5.31. The van der Waals surface area contributed by atoms with Gasteiger partial charge >= 0.3 is 0 Å². The fourth-order valence-corrected chi connectivity index (χ4v) is 1.97. The molecule has 0 aromatic carbocycles. The first-order valence-corrected chi connectivity index (χ1v) is 7.02. The molecule has 1 atom stereocenters. The van der Waals surface area contributed by atoms with E-state index in [-0.39, 0.29) is 6.04 Å². The molecule has 2 heterocycles. The molecule has 0 bridgehead atoms. The molecular formula is C15H20N6. The van der Waals surface area contributed by atoms with Gasteiger partial charge in [-0.3, -0.25) is 4.57 Å². The van der Waals surface area contributed by atoms with Gasteiger partial charge < -0.3 is 0 Å². The molecule has 21 heavy (non-hydrogen) atoms. The van der Waals surface area contributed by atoms with Gasteiger partial charge in [-0.15, -0.1) is 15.3 Å². The van der Waals surface area contributed by atoms with Gasteiger partial charge in [0.05, 0.1) is 6.04 Å². The van der Waals surface area contributed by atoms with Gasteiger partial charge in [0, 0.05) is 18.8 Å². The lowest BCUT2D eigenvalue weighted by Crippen LogP contribution is -2.02. The molecule has 0 saturated carbocycles. The molecule has 0 saturated heterocycles. The summed E-state index contributed by atoms with van der Waals surface area (Å²) in [6, 6.07) is 3.71. The van der Waals surface area contributed by atoms with Gasteiger partial charge in [-0.05, 0) is 32.9 Å². The summed E-state index contributed by atoms with van der Waals surface area (Å²) in [7, 11) is 0. The summed E-state index contributed by atoms with van der Waals surface area (Å²) in [5.41, 5.74) is 1.22. The van der Waals surface area contributed by atoms with Gasteiger partial charge in [-0.1, -0.05) is 18.6 Å². The summed E-state index contributed by atoms with van der Waals surface area (Å²) in [6.45, 7) is 8.12. The SMILES string of the molecule is CCc1nccn1-c1ccc(N=NC(C)C=C(C)C)nn1. The number of imidazole rings is 1. The van der Waals surface area contributed by atoms with E-state index in [1.165, 1.54) is 5.57 Å². The predicted molar refractivity (Wildman–Crippen MR) is 81.9 cm³/mol. The average molecular weight is 284 g/mol. The van der Waals surface area contributed by atoms with Crippen molar-refractivity contribution in [2.45, 2.75) is 40.2 Å². The molecular weight excluding hydrogens is 264 g/mol. The smallest absolute Gasteiger partial charge is 0.196 e. The second-order valence-corrected chi connectivity index (χ2v) is 5.02. The van der Waals surface area contributed by atoms with Crippen LogP contribution in [-0.4, -0.2) is 25.8 Å². The lowest BCUT2D eigenvalue weighted by atomic mass is 10.2. The van der Waals surface area contributed by atoms with Gasteiger partial charge in [-0.25, -0.2) is 4.98 Å². The molecule has 0 amide bonds. The number of nitrogens with zero attached hydrogens (tertiary/aromatic N) is 6. The third-order valence-electron chi connectivity index (χ3n) is 2.83. The summed E-state index contributed by atoms with van der Waals surface area (Å²) in [5, 5.41) is 16.5. The fraction of sp³-hybridized carbons (Fsp3) is 0.400. The highest BCUT2D eigenvalue weighted by atomic mass is 15.3. The van der Waals surface area contributed by atoms with Crippen molar-refractivity contribution in [2.75, 3.05) is 0 Å². The first-order chi connectivity index (χ1) is 10.1. The van der Waals surface area contributed by atoms with E-state index in [4.69, 9.17) is 0 Å². The van der Waals surface area contributed by atoms with Crippen molar-refractivity contribution in [3.05, 3.63) is 42.0 Å². The Morgan fingerprint density at radius 1 is 1.33 bits per heavy atom. The topological polar surface area (TPSA) is 68.3 Å². The maximum atomic E-state index is 4.27. The van der Waals surface area contributed by atoms with Crippen LogP contribution in [0.25, 0.3) is 5.82 Å². The van der Waals surface area contributed by atoms with E-state index in [9.17, 15) is 0 Å². The number of hydrogen-bond acceptors (Lipinski definition) is 5. The maximum Gasteiger partial charge on any atom is 0.196 e. The van der Waals surface area contributed by atoms with Gasteiger partial charge in [0.15, 0.2) is 11.6 Å². The summed E-state index contributed by atoms with van der Waals surface area (Å²) in [4.78, 5) is 4.27. The Kier molecular flexibility index (Phi) is 4.92. The molecule has 0 spiro atoms. The Hall–Kier alpha value is -2.37. The van der Waals surface area contributed by atoms with Crippen molar-refractivity contribution < 1.29 is 0 Å². The zero-order valence-electron chi connectivity index (χ0n) is 12.9. The molecule has 0 fully saturated rings. The molecule has 0 radical (unpaired) electrons. The fourth-order valence-electron chi connectivity index (χ4n) is 1.97. The monoisotopic (exact) mass is 284 g/mol. The van der Waals surface area contributed by atoms with Gasteiger partial charge in [0.1, 0.15) is 5.82 Å². The van der Waals surface area contributed by atoms with Crippen LogP contribution in [0.4, 0.5) is 5.82 Å². The summed E-state index contributed by atoms with van der Waals surface area (Å²) < 4.78 is 1.92. The molecule has 2 aromatic heterocycles. The lowest BCUT2D eigenvalue weighted by Gasteiger charge is -2.04. The van der Waals surface area contributed by atoms with Crippen LogP contribution in [0.1, 0.15) is 33.5 Å². The van der Waals surface area contributed by atoms with Crippen LogP contribution in [0.5, 0.6) is 0 Å². The van der Waals surface area contributed by atoms with Crippen molar-refractivity contribution in [3.63, 3.8) is 0 Å². The van der Waals surface area contributed by atoms with Crippen LogP contribution in [0.15, 0.2) is 46.4 Å². The Morgan fingerprint density at radius 2 is 2.14 bits per heavy atom. The van der Waals surface area contributed by atoms with E-state index in [1.807, 2.05) is 43.7 Å². The Labute approximate surface area is 124 Å². The Bertz CT molecular complexity index is 634. The number of hydrogen-bond donors (Lipinski definition) is 0. The van der Waals surface area contributed by atoms with Gasteiger partial charge in [0.2, 0.25) is 0 Å². The molecule has 1 unspecified atom stereocenters. The first kappa shape index (κ1) is 15.0. The first-order valence-electron chi connectivity index (χ1n) is 7.02. The van der Waals surface area contributed by atoms with Crippen LogP contribution in [-0.2, 0) is 6.42 Å². The zero-order valence-corrected chi connectivity index (χ0v) is 12.9. The second kappa shape index (κ2) is 6.88. The number of allylic oxidation sites excluding steroid dienone is 1. The van der Waals surface area contributed by atoms with Crippen LogP contribution < -0.4 is 0 Å². The van der Waals surface area contributed by atoms with Crippen molar-refractivity contribution in [1.82, 2.24) is 19.7 Å². The third-order valence-corrected chi connectivity index (χ3v) is 2.83. The number of azo groups is 1. The average Bonchev–Trinajstić information content (AvgIpc) is 2.93. The highest BCUT2D eigenvalue weighted by Gasteiger charge is 2.05. The van der Waals surface area contributed by atoms with E-state index in [0.717, 1.165) is 18.1 Å². The van der Waals surface area contributed by atoms with E-state index in [2.05, 4.69) is 32.3 Å². The molecule has 110 valence electrons. The number of aromatic nitrogens is 4. The van der Waals surface area contributed by atoms with Crippen molar-refractivity contribution in [3.8, 4) is 5.82 Å². The van der Waals surface area contributed by atoms with Crippen molar-refractivity contribution in [1.29, 1.82) is 0 Å². The molecule has 0 aliphatic heterocycles. The van der Waals surface area contributed by atoms with E-state index in [0.29, 0.717) is 5.82 Å². The normalized spacial score (nSPS) is 12.6. The molecule has 6 nitrogen and oxygen atoms in total. The minimum absolute atomic E-state index is 0.0387. The Balaban J connectivity index is 2.13. The maximum absolute atomic E-state index is 4.27. The van der Waals surface area contributed by atoms with Crippen LogP contribution in [0.3, 0.4) is 0 Å². The number of aryl methyl sites for hydroxylation is 1. The van der Waals surface area contributed by atoms with E-state index < -0.39 is 0 Å². The van der Waals surface area contributed by atoms with Crippen molar-refractivity contribution >= 4 is 5.82 Å². The minimum atomic E-state index is 0.0387. The third kappa shape index (κ3) is 4.05. The molecule has 2 aromatic rings. The van der Waals surface area contributed by atoms with Crippen LogP contribution in [0.2, 0.25) is 0 Å². The molecule has 0 aliphatic rings. The highest BCUT2D eigenvalue weighted by Crippen LogP contribution is 2.13. The van der Waals surface area contributed by atoms with E-state index in [1.54, 1.807) is 12.3 Å².